The zero-order valence-corrected chi connectivity index (χ0v) is 47.4. The zero-order chi connectivity index (χ0) is 63.6. The van der Waals surface area contributed by atoms with Crippen molar-refractivity contribution in [2.24, 2.45) is 0 Å². The van der Waals surface area contributed by atoms with Crippen LogP contribution in [0.1, 0.15) is 99.7 Å². The van der Waals surface area contributed by atoms with Crippen molar-refractivity contribution in [2.75, 3.05) is 18.6 Å². The van der Waals surface area contributed by atoms with Crippen LogP contribution >= 0.6 is 0 Å². The lowest BCUT2D eigenvalue weighted by molar-refractivity contribution is -0.396. The van der Waals surface area contributed by atoms with Gasteiger partial charge in [0.05, 0.1) is 63.0 Å². The molecule has 0 bridgehead atoms. The summed E-state index contributed by atoms with van der Waals surface area (Å²) in [6.07, 6.45) is 4.08. The van der Waals surface area contributed by atoms with Gasteiger partial charge in [-0.3, -0.25) is 44.8 Å². The molecule has 24 nitrogen and oxygen atoms in total. The molecule has 8 aromatic rings. The molecule has 27 heteroatoms. The van der Waals surface area contributed by atoms with Crippen LogP contribution in [0.25, 0.3) is 0 Å². The molecule has 0 aromatic heterocycles. The number of halogens is 1. The Morgan fingerprint density at radius 2 is 0.828 bits per heavy atom. The number of fused-ring (bicyclic) bond motifs is 12. The number of esters is 2. The van der Waals surface area contributed by atoms with E-state index in [1.807, 2.05) is 30.3 Å². The molecule has 4 N–H and O–H groups in total. The van der Waals surface area contributed by atoms with E-state index in [0.29, 0.717) is 46.1 Å². The van der Waals surface area contributed by atoms with Crippen LogP contribution < -0.4 is 20.9 Å². The van der Waals surface area contributed by atoms with Crippen molar-refractivity contribution in [3.05, 3.63) is 254 Å². The molecule has 0 saturated heterocycles. The van der Waals surface area contributed by atoms with Gasteiger partial charge < -0.3 is 30.4 Å². The van der Waals surface area contributed by atoms with Gasteiger partial charge in [0, 0.05) is 69.0 Å². The molecular formula is C60H49FN6O18S2. The van der Waals surface area contributed by atoms with Crippen LogP contribution in [0.3, 0.4) is 0 Å². The smallest absolute Gasteiger partial charge is 0.340 e. The number of carbonyl (C=O) groups is 2. The molecule has 4 aliphatic heterocycles. The highest BCUT2D eigenvalue weighted by atomic mass is 32.2. The highest BCUT2D eigenvalue weighted by molar-refractivity contribution is 7.91. The first-order valence-corrected chi connectivity index (χ1v) is 29.4. The molecule has 4 aliphatic rings. The number of nitrogens with zero attached hydrogens (tertiary/aromatic N) is 4. The Kier molecular flexibility index (Phi) is 16.3. The quantitative estimate of drug-likeness (QED) is 0.0496. The minimum atomic E-state index is -4.53. The molecule has 8 aromatic carbocycles. The Balaban J connectivity index is 0.000000229. The van der Waals surface area contributed by atoms with Crippen molar-refractivity contribution < 1.29 is 70.8 Å². The molecule has 0 atom stereocenters. The molecule has 0 saturated carbocycles. The molecular weight excluding hydrogens is 1180 g/mol. The summed E-state index contributed by atoms with van der Waals surface area (Å²) in [5.74, 6) is -1.74. The largest absolute Gasteiger partial charge is 0.456 e. The molecule has 0 aliphatic carbocycles. The number of nitrogens with two attached hydrogens (primary N) is 2. The van der Waals surface area contributed by atoms with Gasteiger partial charge >= 0.3 is 11.9 Å². The van der Waals surface area contributed by atoms with Gasteiger partial charge in [0.25, 0.3) is 22.7 Å². The lowest BCUT2D eigenvalue weighted by atomic mass is 9.77. The molecule has 4 heterocycles. The van der Waals surface area contributed by atoms with Crippen molar-refractivity contribution in [1.82, 2.24) is 0 Å². The number of sulfone groups is 2. The van der Waals surface area contributed by atoms with Gasteiger partial charge in [-0.05, 0) is 71.8 Å². The summed E-state index contributed by atoms with van der Waals surface area (Å²) in [6.45, 7) is 4.42. The van der Waals surface area contributed by atoms with Gasteiger partial charge in [-0.15, -0.1) is 0 Å². The van der Waals surface area contributed by atoms with E-state index in [9.17, 15) is 71.3 Å². The van der Waals surface area contributed by atoms with Crippen molar-refractivity contribution in [3.63, 3.8) is 0 Å². The van der Waals surface area contributed by atoms with Gasteiger partial charge in [-0.2, -0.15) is 0 Å². The van der Waals surface area contributed by atoms with Crippen molar-refractivity contribution in [2.45, 2.75) is 65.6 Å². The van der Waals surface area contributed by atoms with Crippen LogP contribution in [-0.2, 0) is 51.9 Å². The topological polar surface area (TPSA) is 364 Å². The minimum absolute atomic E-state index is 0.0341. The Morgan fingerprint density at radius 3 is 1.16 bits per heavy atom. The van der Waals surface area contributed by atoms with Crippen LogP contribution in [0.15, 0.2) is 168 Å². The van der Waals surface area contributed by atoms with E-state index in [0.717, 1.165) is 41.0 Å². The van der Waals surface area contributed by atoms with Crippen molar-refractivity contribution in [3.8, 4) is 23.0 Å². The van der Waals surface area contributed by atoms with E-state index in [2.05, 4.69) is 13.8 Å². The number of hydrogen-bond acceptors (Lipinski definition) is 20. The Hall–Kier alpha value is -10.7. The molecule has 2 spiro atoms. The third-order valence-electron chi connectivity index (χ3n) is 14.4. The van der Waals surface area contributed by atoms with E-state index in [1.165, 1.54) is 61.7 Å². The average Bonchev–Trinajstić information content (AvgIpc) is 1.45. The Morgan fingerprint density at radius 1 is 0.483 bits per heavy atom. The van der Waals surface area contributed by atoms with Crippen molar-refractivity contribution >= 4 is 65.7 Å². The van der Waals surface area contributed by atoms with Crippen LogP contribution in [0.2, 0.25) is 0 Å². The van der Waals surface area contributed by atoms with Gasteiger partial charge in [0.1, 0.15) is 32.8 Å². The second kappa shape index (κ2) is 23.8. The number of alkyl halides is 1. The maximum Gasteiger partial charge on any atom is 0.340 e. The average molecular weight is 1230 g/mol. The van der Waals surface area contributed by atoms with Gasteiger partial charge in [-0.1, -0.05) is 93.8 Å². The summed E-state index contributed by atoms with van der Waals surface area (Å²) in [6, 6.07) is 37.0. The number of nitro benzene ring substituents is 4. The van der Waals surface area contributed by atoms with E-state index in [1.54, 1.807) is 48.5 Å². The fourth-order valence-corrected chi connectivity index (χ4v) is 13.7. The van der Waals surface area contributed by atoms with Crippen LogP contribution in [0.5, 0.6) is 23.0 Å². The number of rotatable bonds is 12. The second-order valence-electron chi connectivity index (χ2n) is 19.8. The maximum absolute atomic E-state index is 13.5. The van der Waals surface area contributed by atoms with E-state index in [-0.39, 0.29) is 45.3 Å². The fraction of sp³-hybridized carbons (Fsp3) is 0.167. The second-order valence-corrected chi connectivity index (χ2v) is 23.7. The number of anilines is 2. The minimum Gasteiger partial charge on any atom is -0.456 e. The highest BCUT2D eigenvalue weighted by Crippen LogP contribution is 2.58. The molecule has 0 amide bonds. The van der Waals surface area contributed by atoms with Crippen LogP contribution in [0.4, 0.5) is 38.5 Å². The lowest BCUT2D eigenvalue weighted by Crippen LogP contribution is -2.33. The Labute approximate surface area is 495 Å². The highest BCUT2D eigenvalue weighted by Gasteiger charge is 2.55. The predicted molar refractivity (Wildman–Crippen MR) is 312 cm³/mol. The summed E-state index contributed by atoms with van der Waals surface area (Å²) in [4.78, 5) is 66.2. The normalized spacial score (nSPS) is 14.0. The zero-order valence-electron chi connectivity index (χ0n) is 46.7. The van der Waals surface area contributed by atoms with Crippen LogP contribution in [0, 0.1) is 40.5 Å². The third-order valence-corrected chi connectivity index (χ3v) is 17.9. The van der Waals surface area contributed by atoms with Gasteiger partial charge in [0.15, 0.2) is 30.9 Å². The number of unbranched alkanes of at least 4 members (excludes halogenated alkanes) is 2. The maximum atomic E-state index is 13.5. The summed E-state index contributed by atoms with van der Waals surface area (Å²) in [7, 11) is -10.1. The predicted octanol–water partition coefficient (Wildman–Crippen LogP) is 12.0. The number of hydrogen-bond donors (Lipinski definition) is 2. The SMILES string of the molecule is CCCCC.Nc1ccc2c(c1)Oc1cc(N)ccc1C21OC(=O)c2ccccc21.O=C1OC2(c3ccc(CS(=O)(=O)c4ccc([N+](=O)[O-])cc4[N+](=O)[O-])cc3Oc3cc(CS(=O)(=O)c4ccc([N+](=O)[O-])cc4[N+](=O)[O-])ccc32)c2ccccc21.[2H]CF. The monoisotopic (exact) mass is 1230 g/mol. The number of benzene rings is 8. The van der Waals surface area contributed by atoms with Crippen LogP contribution in [-0.4, -0.2) is 55.6 Å². The standard InChI is InChI=1S/C34H20N4O15S2.C20H14N2O3.C5H12.CH3F/c39-33-23-3-1-2-4-24(23)34(53-33)25-9-5-19(17-54(48,49)31-11-7-21(35(40)41)15-27(31)37(44)45)13-29(25)52-30-14-20(6-10-26(30)34)18-55(50,51)32-12-8-22(36(42)43)16-28(32)38(46)47;21-11-5-7-15-17(9-11)24-18-10-12(22)6-8-16(18)20(15)14-4-2-1-3-13(14)19(23)25-20;1-3-5-4-2;1-2/h1-16H,17-18H2;1-10H,21-22H2;3-5H2,1-2H3;1H3/i;;;1D. The third kappa shape index (κ3) is 11.1. The molecule has 0 unspecified atom stereocenters. The summed E-state index contributed by atoms with van der Waals surface area (Å²) in [5, 5.41) is 45.8. The first-order chi connectivity index (χ1) is 41.8. The number of nitrogen functional groups attached to an aromatic ring is 2. The summed E-state index contributed by atoms with van der Waals surface area (Å²) < 4.78 is 93.9. The molecule has 0 fully saturated rings. The fourth-order valence-electron chi connectivity index (χ4n) is 10.7. The lowest BCUT2D eigenvalue weighted by Gasteiger charge is -2.37. The number of nitro groups is 4. The van der Waals surface area contributed by atoms with E-state index >= 15 is 0 Å². The number of ether oxygens (including phenoxy) is 4. The first-order valence-electron chi connectivity index (χ1n) is 26.8. The molecule has 12 rings (SSSR count). The molecule has 446 valence electrons. The summed E-state index contributed by atoms with van der Waals surface area (Å²) in [5.41, 5.74) is 10.8. The molecule has 87 heavy (non-hydrogen) atoms. The number of carbonyl (C=O) groups excluding carboxylic acids is 2. The van der Waals surface area contributed by atoms with Gasteiger partial charge in [0.2, 0.25) is 0 Å². The van der Waals surface area contributed by atoms with Crippen molar-refractivity contribution in [1.29, 1.82) is 0 Å². The first kappa shape index (κ1) is 59.5. The van der Waals surface area contributed by atoms with Gasteiger partial charge in [-0.25, -0.2) is 26.4 Å². The molecule has 0 radical (unpaired) electrons. The number of non-ortho nitro benzene ring substituents is 2. The summed E-state index contributed by atoms with van der Waals surface area (Å²) >= 11 is 0. The Bertz CT molecular complexity index is 4240. The van der Waals surface area contributed by atoms with E-state index < -0.39 is 108 Å². The van der Waals surface area contributed by atoms with E-state index in [4.69, 9.17) is 31.8 Å².